The van der Waals surface area contributed by atoms with Crippen molar-refractivity contribution in [3.63, 3.8) is 0 Å². The van der Waals surface area contributed by atoms with Gasteiger partial charge in [-0.25, -0.2) is 4.98 Å². The van der Waals surface area contributed by atoms with Crippen LogP contribution in [0.5, 0.6) is 5.88 Å². The second-order valence-electron chi connectivity index (χ2n) is 4.18. The van der Waals surface area contributed by atoms with Crippen LogP contribution in [0, 0.1) is 10.1 Å². The summed E-state index contributed by atoms with van der Waals surface area (Å²) in [6.07, 6.45) is 1.66. The Kier molecular flexibility index (Phi) is 5.10. The number of nitrogens with zero attached hydrogens (tertiary/aromatic N) is 2. The number of benzene rings is 1. The van der Waals surface area contributed by atoms with Gasteiger partial charge in [-0.1, -0.05) is 12.1 Å². The van der Waals surface area contributed by atoms with Crippen molar-refractivity contribution in [1.82, 2.24) is 4.98 Å². The summed E-state index contributed by atoms with van der Waals surface area (Å²) in [6.45, 7) is 2.92. The fraction of sp³-hybridized carbons (Fsp3) is 0.214. The highest BCUT2D eigenvalue weighted by molar-refractivity contribution is 9.10. The van der Waals surface area contributed by atoms with E-state index in [1.165, 1.54) is 6.07 Å². The first-order chi connectivity index (χ1) is 10.1. The lowest BCUT2D eigenvalue weighted by atomic mass is 10.2. The van der Waals surface area contributed by atoms with Crippen LogP contribution in [-0.4, -0.2) is 16.5 Å². The summed E-state index contributed by atoms with van der Waals surface area (Å²) in [5.74, 6) is 0.569. The molecule has 0 fully saturated rings. The summed E-state index contributed by atoms with van der Waals surface area (Å²) in [4.78, 5) is 14.6. The number of hydrogen-bond donors (Lipinski definition) is 1. The van der Waals surface area contributed by atoms with Gasteiger partial charge in [-0.05, 0) is 34.5 Å². The van der Waals surface area contributed by atoms with Crippen molar-refractivity contribution >= 4 is 27.3 Å². The Morgan fingerprint density at radius 3 is 2.81 bits per heavy atom. The predicted molar refractivity (Wildman–Crippen MR) is 83.5 cm³/mol. The van der Waals surface area contributed by atoms with Gasteiger partial charge >= 0.3 is 0 Å². The molecular formula is C14H14BrN3O3. The highest BCUT2D eigenvalue weighted by Gasteiger charge is 2.14. The summed E-state index contributed by atoms with van der Waals surface area (Å²) >= 11 is 3.27. The molecule has 0 atom stereocenters. The Hall–Kier alpha value is -2.15. The van der Waals surface area contributed by atoms with Gasteiger partial charge in [0.25, 0.3) is 5.69 Å². The standard InChI is InChI=1S/C14H14BrN3O3/c1-2-21-13-7-6-11(9-17-13)16-8-10-4-3-5-12(14(10)15)18(19)20/h3-7,9,16H,2,8H2,1H3. The molecule has 2 aromatic rings. The van der Waals surface area contributed by atoms with Crippen LogP contribution in [0.25, 0.3) is 0 Å². The Bertz CT molecular complexity index is 632. The maximum atomic E-state index is 10.9. The Morgan fingerprint density at radius 1 is 1.38 bits per heavy atom. The van der Waals surface area contributed by atoms with E-state index < -0.39 is 4.92 Å². The number of aromatic nitrogens is 1. The zero-order valence-electron chi connectivity index (χ0n) is 11.4. The van der Waals surface area contributed by atoms with Crippen LogP contribution < -0.4 is 10.1 Å². The lowest BCUT2D eigenvalue weighted by molar-refractivity contribution is -0.385. The highest BCUT2D eigenvalue weighted by Crippen LogP contribution is 2.28. The number of rotatable bonds is 6. The van der Waals surface area contributed by atoms with E-state index in [0.29, 0.717) is 23.5 Å². The van der Waals surface area contributed by atoms with Gasteiger partial charge in [0.15, 0.2) is 0 Å². The molecule has 0 aliphatic carbocycles. The molecule has 110 valence electrons. The van der Waals surface area contributed by atoms with Crippen molar-refractivity contribution in [2.24, 2.45) is 0 Å². The molecule has 1 aromatic heterocycles. The number of nitrogens with one attached hydrogen (secondary N) is 1. The normalized spacial score (nSPS) is 10.2. The highest BCUT2D eigenvalue weighted by atomic mass is 79.9. The number of anilines is 1. The second kappa shape index (κ2) is 7.03. The number of pyridine rings is 1. The minimum Gasteiger partial charge on any atom is -0.478 e. The van der Waals surface area contributed by atoms with E-state index in [-0.39, 0.29) is 5.69 Å². The molecule has 0 spiro atoms. The molecule has 7 heteroatoms. The molecule has 2 rings (SSSR count). The first-order valence-corrected chi connectivity index (χ1v) is 7.15. The van der Waals surface area contributed by atoms with Crippen LogP contribution in [0.2, 0.25) is 0 Å². The Labute approximate surface area is 130 Å². The average molecular weight is 352 g/mol. The molecule has 0 amide bonds. The topological polar surface area (TPSA) is 77.3 Å². The predicted octanol–water partition coefficient (Wildman–Crippen LogP) is 3.76. The lowest BCUT2D eigenvalue weighted by Crippen LogP contribution is -2.02. The van der Waals surface area contributed by atoms with E-state index in [1.54, 1.807) is 18.3 Å². The first kappa shape index (κ1) is 15.2. The van der Waals surface area contributed by atoms with Crippen molar-refractivity contribution in [1.29, 1.82) is 0 Å². The number of ether oxygens (including phenoxy) is 1. The van der Waals surface area contributed by atoms with Crippen molar-refractivity contribution in [2.45, 2.75) is 13.5 Å². The molecule has 6 nitrogen and oxygen atoms in total. The Balaban J connectivity index is 2.06. The van der Waals surface area contributed by atoms with E-state index in [2.05, 4.69) is 26.2 Å². The summed E-state index contributed by atoms with van der Waals surface area (Å²) in [5.41, 5.74) is 1.68. The minimum atomic E-state index is -0.411. The molecule has 0 saturated heterocycles. The maximum Gasteiger partial charge on any atom is 0.283 e. The zero-order valence-corrected chi connectivity index (χ0v) is 13.0. The van der Waals surface area contributed by atoms with Crippen LogP contribution in [0.4, 0.5) is 11.4 Å². The minimum absolute atomic E-state index is 0.0547. The molecule has 0 aliphatic rings. The van der Waals surface area contributed by atoms with E-state index in [4.69, 9.17) is 4.74 Å². The molecule has 21 heavy (non-hydrogen) atoms. The van der Waals surface area contributed by atoms with Crippen molar-refractivity contribution < 1.29 is 9.66 Å². The van der Waals surface area contributed by atoms with Crippen LogP contribution in [0.3, 0.4) is 0 Å². The molecule has 1 N–H and O–H groups in total. The van der Waals surface area contributed by atoms with Crippen LogP contribution in [0.1, 0.15) is 12.5 Å². The largest absolute Gasteiger partial charge is 0.478 e. The van der Waals surface area contributed by atoms with E-state index in [0.717, 1.165) is 11.3 Å². The van der Waals surface area contributed by atoms with E-state index in [9.17, 15) is 10.1 Å². The molecule has 0 aliphatic heterocycles. The fourth-order valence-electron chi connectivity index (χ4n) is 1.76. The third kappa shape index (κ3) is 3.91. The van der Waals surface area contributed by atoms with Crippen LogP contribution >= 0.6 is 15.9 Å². The number of nitro benzene ring substituents is 1. The molecule has 1 heterocycles. The summed E-state index contributed by atoms with van der Waals surface area (Å²) in [6, 6.07) is 8.58. The summed E-state index contributed by atoms with van der Waals surface area (Å²) in [7, 11) is 0. The van der Waals surface area contributed by atoms with E-state index in [1.807, 2.05) is 19.1 Å². The van der Waals surface area contributed by atoms with Crippen molar-refractivity contribution in [2.75, 3.05) is 11.9 Å². The molecule has 0 radical (unpaired) electrons. The van der Waals surface area contributed by atoms with Gasteiger partial charge in [0.2, 0.25) is 5.88 Å². The monoisotopic (exact) mass is 351 g/mol. The molecule has 0 unspecified atom stereocenters. The first-order valence-electron chi connectivity index (χ1n) is 6.36. The van der Waals surface area contributed by atoms with E-state index >= 15 is 0 Å². The quantitative estimate of drug-likeness (QED) is 0.633. The SMILES string of the molecule is CCOc1ccc(NCc2cccc([N+](=O)[O-])c2Br)cn1. The van der Waals surface area contributed by atoms with Gasteiger partial charge in [-0.2, -0.15) is 0 Å². The third-order valence-electron chi connectivity index (χ3n) is 2.77. The van der Waals surface area contributed by atoms with Crippen molar-refractivity contribution in [3.05, 3.63) is 56.7 Å². The Morgan fingerprint density at radius 2 is 2.19 bits per heavy atom. The van der Waals surface area contributed by atoms with Crippen LogP contribution in [0.15, 0.2) is 41.0 Å². The lowest BCUT2D eigenvalue weighted by Gasteiger charge is -2.09. The van der Waals surface area contributed by atoms with Crippen molar-refractivity contribution in [3.8, 4) is 5.88 Å². The fourth-order valence-corrected chi connectivity index (χ4v) is 2.31. The molecule has 0 bridgehead atoms. The summed E-state index contributed by atoms with van der Waals surface area (Å²) < 4.78 is 5.75. The van der Waals surface area contributed by atoms with Gasteiger partial charge in [-0.3, -0.25) is 10.1 Å². The molecular weight excluding hydrogens is 338 g/mol. The summed E-state index contributed by atoms with van der Waals surface area (Å²) in [5, 5.41) is 14.0. The van der Waals surface area contributed by atoms with Crippen LogP contribution in [-0.2, 0) is 6.54 Å². The number of nitro groups is 1. The maximum absolute atomic E-state index is 10.9. The van der Waals surface area contributed by atoms with Gasteiger partial charge in [-0.15, -0.1) is 0 Å². The second-order valence-corrected chi connectivity index (χ2v) is 4.97. The molecule has 1 aromatic carbocycles. The smallest absolute Gasteiger partial charge is 0.283 e. The molecule has 0 saturated carbocycles. The van der Waals surface area contributed by atoms with Gasteiger partial charge in [0.1, 0.15) is 4.47 Å². The average Bonchev–Trinajstić information content (AvgIpc) is 2.48. The number of halogens is 1. The third-order valence-corrected chi connectivity index (χ3v) is 3.68. The number of hydrogen-bond acceptors (Lipinski definition) is 5. The van der Waals surface area contributed by atoms with Gasteiger partial charge in [0, 0.05) is 18.7 Å². The van der Waals surface area contributed by atoms with Gasteiger partial charge in [0.05, 0.1) is 23.4 Å². The van der Waals surface area contributed by atoms with Gasteiger partial charge < -0.3 is 10.1 Å². The zero-order chi connectivity index (χ0) is 15.2.